The highest BCUT2D eigenvalue weighted by molar-refractivity contribution is 5.97. The van der Waals surface area contributed by atoms with Gasteiger partial charge in [-0.15, -0.1) is 0 Å². The van der Waals surface area contributed by atoms with Gasteiger partial charge >= 0.3 is 5.97 Å². The standard InChI is InChI=1S/C19H28N2O5/c1-5-26-15-9-7-14(8-10-15)18(24)21-17(12(2)3)19(25)20-13(4)6-11-16(22)23/h7-10,12-13,17H,5-6,11H2,1-4H3,(H,20,25)(H,21,24)(H,22,23). The van der Waals surface area contributed by atoms with Crippen molar-refractivity contribution < 1.29 is 24.2 Å². The topological polar surface area (TPSA) is 105 Å². The predicted molar refractivity (Wildman–Crippen MR) is 98.2 cm³/mol. The summed E-state index contributed by atoms with van der Waals surface area (Å²) in [5.41, 5.74) is 0.436. The van der Waals surface area contributed by atoms with Gasteiger partial charge in [0.05, 0.1) is 6.61 Å². The highest BCUT2D eigenvalue weighted by atomic mass is 16.5. The molecule has 0 saturated carbocycles. The fourth-order valence-corrected chi connectivity index (χ4v) is 2.37. The molecule has 7 heteroatoms. The molecular weight excluding hydrogens is 336 g/mol. The molecular formula is C19H28N2O5. The lowest BCUT2D eigenvalue weighted by atomic mass is 10.0. The summed E-state index contributed by atoms with van der Waals surface area (Å²) in [6, 6.07) is 5.70. The molecule has 144 valence electrons. The van der Waals surface area contributed by atoms with Crippen LogP contribution in [0, 0.1) is 5.92 Å². The first kappa shape index (κ1) is 21.5. The van der Waals surface area contributed by atoms with E-state index in [1.54, 1.807) is 31.2 Å². The molecule has 0 aromatic heterocycles. The molecule has 1 aromatic carbocycles. The molecule has 7 nitrogen and oxygen atoms in total. The average Bonchev–Trinajstić information content (AvgIpc) is 2.58. The monoisotopic (exact) mass is 364 g/mol. The first-order chi connectivity index (χ1) is 12.2. The number of ether oxygens (including phenoxy) is 1. The second-order valence-corrected chi connectivity index (χ2v) is 6.49. The van der Waals surface area contributed by atoms with E-state index in [1.165, 1.54) is 0 Å². The summed E-state index contributed by atoms with van der Waals surface area (Å²) in [7, 11) is 0. The first-order valence-electron chi connectivity index (χ1n) is 8.80. The third kappa shape index (κ3) is 7.13. The number of hydrogen-bond donors (Lipinski definition) is 3. The molecule has 2 amide bonds. The maximum Gasteiger partial charge on any atom is 0.303 e. The Morgan fingerprint density at radius 1 is 1.08 bits per heavy atom. The summed E-state index contributed by atoms with van der Waals surface area (Å²) in [6.07, 6.45) is 0.311. The summed E-state index contributed by atoms with van der Waals surface area (Å²) in [5, 5.41) is 14.2. The Labute approximate surface area is 154 Å². The van der Waals surface area contributed by atoms with Crippen molar-refractivity contribution in [3.05, 3.63) is 29.8 Å². The van der Waals surface area contributed by atoms with Gasteiger partial charge in [0, 0.05) is 18.0 Å². The zero-order chi connectivity index (χ0) is 19.7. The second kappa shape index (κ2) is 10.4. The van der Waals surface area contributed by atoms with Gasteiger partial charge in [-0.05, 0) is 50.5 Å². The number of benzene rings is 1. The van der Waals surface area contributed by atoms with Crippen LogP contribution in [0.15, 0.2) is 24.3 Å². The van der Waals surface area contributed by atoms with E-state index in [4.69, 9.17) is 9.84 Å². The zero-order valence-corrected chi connectivity index (χ0v) is 15.7. The van der Waals surface area contributed by atoms with Gasteiger partial charge in [-0.3, -0.25) is 14.4 Å². The van der Waals surface area contributed by atoms with Crippen LogP contribution in [0.1, 0.15) is 50.9 Å². The quantitative estimate of drug-likeness (QED) is 0.590. The summed E-state index contributed by atoms with van der Waals surface area (Å²) >= 11 is 0. The summed E-state index contributed by atoms with van der Waals surface area (Å²) < 4.78 is 5.34. The smallest absolute Gasteiger partial charge is 0.303 e. The molecule has 0 aliphatic rings. The molecule has 2 atom stereocenters. The number of aliphatic carboxylic acids is 1. The van der Waals surface area contributed by atoms with Crippen molar-refractivity contribution in [2.75, 3.05) is 6.61 Å². The Kier molecular flexibility index (Phi) is 8.61. The highest BCUT2D eigenvalue weighted by Crippen LogP contribution is 2.13. The molecule has 2 unspecified atom stereocenters. The number of carboxylic acid groups (broad SMARTS) is 1. The van der Waals surface area contributed by atoms with Crippen molar-refractivity contribution in [2.45, 2.75) is 52.6 Å². The molecule has 0 saturated heterocycles. The van der Waals surface area contributed by atoms with Crippen LogP contribution in [0.25, 0.3) is 0 Å². The van der Waals surface area contributed by atoms with E-state index >= 15 is 0 Å². The minimum atomic E-state index is -0.907. The fraction of sp³-hybridized carbons (Fsp3) is 0.526. The van der Waals surface area contributed by atoms with Crippen LogP contribution in [0.2, 0.25) is 0 Å². The molecule has 1 aromatic rings. The van der Waals surface area contributed by atoms with E-state index in [1.807, 2.05) is 20.8 Å². The third-order valence-electron chi connectivity index (χ3n) is 3.84. The predicted octanol–water partition coefficient (Wildman–Crippen LogP) is 2.21. The van der Waals surface area contributed by atoms with E-state index in [0.29, 0.717) is 24.3 Å². The van der Waals surface area contributed by atoms with Gasteiger partial charge in [-0.1, -0.05) is 13.8 Å². The Morgan fingerprint density at radius 3 is 2.19 bits per heavy atom. The van der Waals surface area contributed by atoms with Crippen LogP contribution < -0.4 is 15.4 Å². The Morgan fingerprint density at radius 2 is 1.69 bits per heavy atom. The van der Waals surface area contributed by atoms with Crippen molar-refractivity contribution in [3.63, 3.8) is 0 Å². The maximum atomic E-state index is 12.5. The van der Waals surface area contributed by atoms with Crippen LogP contribution in [0.5, 0.6) is 5.75 Å². The Bertz CT molecular complexity index is 613. The number of amides is 2. The Balaban J connectivity index is 2.69. The van der Waals surface area contributed by atoms with Crippen LogP contribution in [-0.4, -0.2) is 41.6 Å². The van der Waals surface area contributed by atoms with Gasteiger partial charge in [0.15, 0.2) is 0 Å². The molecule has 0 bridgehead atoms. The van der Waals surface area contributed by atoms with Crippen LogP contribution in [0.4, 0.5) is 0 Å². The molecule has 0 aliphatic carbocycles. The number of carboxylic acids is 1. The van der Waals surface area contributed by atoms with Gasteiger partial charge in [0.25, 0.3) is 5.91 Å². The minimum absolute atomic E-state index is 0.0215. The third-order valence-corrected chi connectivity index (χ3v) is 3.84. The largest absolute Gasteiger partial charge is 0.494 e. The average molecular weight is 364 g/mol. The highest BCUT2D eigenvalue weighted by Gasteiger charge is 2.25. The lowest BCUT2D eigenvalue weighted by Gasteiger charge is -2.24. The molecule has 0 radical (unpaired) electrons. The minimum Gasteiger partial charge on any atom is -0.494 e. The lowest BCUT2D eigenvalue weighted by molar-refractivity contribution is -0.137. The van der Waals surface area contributed by atoms with Crippen molar-refractivity contribution in [1.29, 1.82) is 0 Å². The zero-order valence-electron chi connectivity index (χ0n) is 15.7. The fourth-order valence-electron chi connectivity index (χ4n) is 2.37. The molecule has 0 aliphatic heterocycles. The van der Waals surface area contributed by atoms with Gasteiger partial charge in [0.2, 0.25) is 5.91 Å². The van der Waals surface area contributed by atoms with Crippen LogP contribution >= 0.6 is 0 Å². The molecule has 0 fully saturated rings. The van der Waals surface area contributed by atoms with Gasteiger partial charge < -0.3 is 20.5 Å². The summed E-state index contributed by atoms with van der Waals surface area (Å²) in [6.45, 7) is 7.84. The summed E-state index contributed by atoms with van der Waals surface area (Å²) in [4.78, 5) is 35.5. The maximum absolute atomic E-state index is 12.5. The van der Waals surface area contributed by atoms with Crippen molar-refractivity contribution >= 4 is 17.8 Å². The van der Waals surface area contributed by atoms with E-state index in [9.17, 15) is 14.4 Å². The van der Waals surface area contributed by atoms with Gasteiger partial charge in [-0.25, -0.2) is 0 Å². The normalized spacial score (nSPS) is 13.0. The summed E-state index contributed by atoms with van der Waals surface area (Å²) in [5.74, 6) is -1.02. The Hall–Kier alpha value is -2.57. The SMILES string of the molecule is CCOc1ccc(C(=O)NC(C(=O)NC(C)CCC(=O)O)C(C)C)cc1. The van der Waals surface area contributed by atoms with Crippen molar-refractivity contribution in [2.24, 2.45) is 5.92 Å². The molecule has 1 rings (SSSR count). The van der Waals surface area contributed by atoms with E-state index in [-0.39, 0.29) is 30.2 Å². The number of carbonyl (C=O) groups excluding carboxylic acids is 2. The number of hydrogen-bond acceptors (Lipinski definition) is 4. The lowest BCUT2D eigenvalue weighted by Crippen LogP contribution is -2.51. The van der Waals surface area contributed by atoms with Crippen LogP contribution in [0.3, 0.4) is 0 Å². The van der Waals surface area contributed by atoms with Crippen molar-refractivity contribution in [3.8, 4) is 5.75 Å². The number of nitrogens with one attached hydrogen (secondary N) is 2. The van der Waals surface area contributed by atoms with E-state index in [0.717, 1.165) is 0 Å². The first-order valence-corrected chi connectivity index (χ1v) is 8.80. The van der Waals surface area contributed by atoms with Crippen molar-refractivity contribution in [1.82, 2.24) is 10.6 Å². The molecule has 0 heterocycles. The van der Waals surface area contributed by atoms with Gasteiger partial charge in [-0.2, -0.15) is 0 Å². The second-order valence-electron chi connectivity index (χ2n) is 6.49. The number of carbonyl (C=O) groups is 3. The van der Waals surface area contributed by atoms with Gasteiger partial charge in [0.1, 0.15) is 11.8 Å². The molecule has 26 heavy (non-hydrogen) atoms. The van der Waals surface area contributed by atoms with E-state index in [2.05, 4.69) is 10.6 Å². The molecule has 0 spiro atoms. The molecule has 3 N–H and O–H groups in total. The van der Waals surface area contributed by atoms with E-state index < -0.39 is 12.0 Å². The van der Waals surface area contributed by atoms with Crippen LogP contribution in [-0.2, 0) is 9.59 Å². The number of rotatable bonds is 10.